The number of para-hydroxylation sites is 1. The first-order valence-corrected chi connectivity index (χ1v) is 8.86. The maximum atomic E-state index is 12.4. The number of amides is 1. The lowest BCUT2D eigenvalue weighted by Crippen LogP contribution is -2.34. The van der Waals surface area contributed by atoms with Crippen molar-refractivity contribution in [2.75, 3.05) is 24.7 Å². The lowest BCUT2D eigenvalue weighted by molar-refractivity contribution is -0.384. The molecule has 0 saturated heterocycles. The Balaban J connectivity index is 2.16. The molecule has 0 heterocycles. The van der Waals surface area contributed by atoms with Crippen LogP contribution in [0.5, 0.6) is 0 Å². The van der Waals surface area contributed by atoms with E-state index >= 15 is 0 Å². The third-order valence-electron chi connectivity index (χ3n) is 3.89. The molecule has 0 saturated carbocycles. The first-order valence-electron chi connectivity index (χ1n) is 8.86. The number of benzene rings is 2. The van der Waals surface area contributed by atoms with Crippen LogP contribution in [0.3, 0.4) is 0 Å². The van der Waals surface area contributed by atoms with Gasteiger partial charge in [0.2, 0.25) is 0 Å². The molecule has 9 heteroatoms. The van der Waals surface area contributed by atoms with Crippen LogP contribution < -0.4 is 4.90 Å². The predicted molar refractivity (Wildman–Crippen MR) is 104 cm³/mol. The van der Waals surface area contributed by atoms with Crippen LogP contribution in [0.2, 0.25) is 0 Å². The van der Waals surface area contributed by atoms with E-state index in [0.717, 1.165) is 18.2 Å². The molecule has 152 valence electrons. The normalized spacial score (nSPS) is 10.1. The average molecular weight is 400 g/mol. The van der Waals surface area contributed by atoms with Crippen LogP contribution in [0, 0.1) is 10.1 Å². The number of nitro benzene ring substituents is 1. The van der Waals surface area contributed by atoms with Crippen molar-refractivity contribution in [3.05, 3.63) is 69.8 Å². The Labute approximate surface area is 167 Å². The number of carbonyl (C=O) groups is 3. The van der Waals surface area contributed by atoms with Gasteiger partial charge in [0, 0.05) is 24.4 Å². The summed E-state index contributed by atoms with van der Waals surface area (Å²) < 4.78 is 9.83. The summed E-state index contributed by atoms with van der Waals surface area (Å²) in [5, 5.41) is 11.1. The Bertz CT molecular complexity index is 912. The zero-order valence-electron chi connectivity index (χ0n) is 16.0. The van der Waals surface area contributed by atoms with E-state index in [1.54, 1.807) is 38.1 Å². The van der Waals surface area contributed by atoms with Crippen LogP contribution in [-0.4, -0.2) is 42.5 Å². The molecule has 9 nitrogen and oxygen atoms in total. The van der Waals surface area contributed by atoms with Gasteiger partial charge in [-0.1, -0.05) is 18.2 Å². The van der Waals surface area contributed by atoms with Crippen LogP contribution in [0.25, 0.3) is 0 Å². The Hall–Kier alpha value is -3.75. The highest BCUT2D eigenvalue weighted by Gasteiger charge is 2.21. The number of rotatable bonds is 8. The number of hydrogen-bond donors (Lipinski definition) is 0. The van der Waals surface area contributed by atoms with Gasteiger partial charge >= 0.3 is 11.9 Å². The fourth-order valence-corrected chi connectivity index (χ4v) is 2.57. The van der Waals surface area contributed by atoms with Gasteiger partial charge in [-0.25, -0.2) is 9.59 Å². The number of anilines is 1. The third kappa shape index (κ3) is 5.61. The number of ether oxygens (including phenoxy) is 2. The Morgan fingerprint density at radius 2 is 1.55 bits per heavy atom. The minimum Gasteiger partial charge on any atom is -0.462 e. The van der Waals surface area contributed by atoms with Crippen molar-refractivity contribution in [1.29, 1.82) is 0 Å². The molecule has 1 amide bonds. The molecule has 0 atom stereocenters. The van der Waals surface area contributed by atoms with Crippen molar-refractivity contribution < 1.29 is 28.8 Å². The second-order valence-corrected chi connectivity index (χ2v) is 5.80. The molecule has 2 aromatic rings. The predicted octanol–water partition coefficient (Wildman–Crippen LogP) is 2.98. The molecule has 0 radical (unpaired) electrons. The van der Waals surface area contributed by atoms with E-state index in [9.17, 15) is 24.5 Å². The first kappa shape index (κ1) is 21.5. The molecule has 0 N–H and O–H groups in total. The summed E-state index contributed by atoms with van der Waals surface area (Å²) in [5.41, 5.74) is -0.194. The summed E-state index contributed by atoms with van der Waals surface area (Å²) in [5.74, 6) is -2.22. The lowest BCUT2D eigenvalue weighted by Gasteiger charge is -2.20. The molecule has 0 aliphatic rings. The highest BCUT2D eigenvalue weighted by molar-refractivity contribution is 5.99. The zero-order chi connectivity index (χ0) is 21.4. The number of carbonyl (C=O) groups excluding carboxylic acids is 3. The van der Waals surface area contributed by atoms with E-state index in [2.05, 4.69) is 0 Å². The maximum absolute atomic E-state index is 12.4. The second-order valence-electron chi connectivity index (χ2n) is 5.80. The number of hydrogen-bond acceptors (Lipinski definition) is 7. The molecule has 0 aromatic heterocycles. The highest BCUT2D eigenvalue weighted by atomic mass is 16.6. The fourth-order valence-electron chi connectivity index (χ4n) is 2.57. The van der Waals surface area contributed by atoms with Gasteiger partial charge in [0.05, 0.1) is 22.7 Å². The minimum atomic E-state index is -0.961. The number of nitrogens with zero attached hydrogens (tertiary/aromatic N) is 2. The van der Waals surface area contributed by atoms with Gasteiger partial charge in [-0.15, -0.1) is 0 Å². The summed E-state index contributed by atoms with van der Waals surface area (Å²) in [6, 6.07) is 12.0. The average Bonchev–Trinajstić information content (AvgIpc) is 2.73. The largest absolute Gasteiger partial charge is 0.462 e. The molecular formula is C20H20N2O7. The number of nitro groups is 1. The summed E-state index contributed by atoms with van der Waals surface area (Å²) in [4.78, 5) is 48.4. The van der Waals surface area contributed by atoms with Gasteiger partial charge in [0.1, 0.15) is 0 Å². The number of esters is 2. The summed E-state index contributed by atoms with van der Waals surface area (Å²) in [7, 11) is 0. The van der Waals surface area contributed by atoms with Crippen molar-refractivity contribution in [3.8, 4) is 0 Å². The lowest BCUT2D eigenvalue weighted by atomic mass is 10.1. The van der Waals surface area contributed by atoms with E-state index in [1.807, 2.05) is 6.07 Å². The summed E-state index contributed by atoms with van der Waals surface area (Å²) in [6.07, 6.45) is 0. The molecule has 0 unspecified atom stereocenters. The van der Waals surface area contributed by atoms with Gasteiger partial charge in [0.15, 0.2) is 6.61 Å². The minimum absolute atomic E-state index is 0.0716. The summed E-state index contributed by atoms with van der Waals surface area (Å²) in [6.45, 7) is 3.24. The zero-order valence-corrected chi connectivity index (χ0v) is 16.0. The van der Waals surface area contributed by atoms with E-state index in [1.165, 1.54) is 4.90 Å². The Kier molecular flexibility index (Phi) is 7.41. The SMILES string of the molecule is CCOC(=O)c1cc(C(=O)OCC(=O)N(CC)c2ccccc2)cc([N+](=O)[O-])c1. The van der Waals surface area contributed by atoms with Crippen molar-refractivity contribution in [3.63, 3.8) is 0 Å². The molecule has 0 bridgehead atoms. The van der Waals surface area contributed by atoms with Crippen LogP contribution in [0.4, 0.5) is 11.4 Å². The fraction of sp³-hybridized carbons (Fsp3) is 0.250. The molecule has 0 fully saturated rings. The van der Waals surface area contributed by atoms with Gasteiger partial charge < -0.3 is 14.4 Å². The number of non-ortho nitro benzene ring substituents is 1. The van der Waals surface area contributed by atoms with Gasteiger partial charge in [-0.05, 0) is 32.0 Å². The van der Waals surface area contributed by atoms with E-state index in [0.29, 0.717) is 12.2 Å². The second kappa shape index (κ2) is 9.98. The standard InChI is InChI=1S/C20H20N2O7/c1-3-21(16-8-6-5-7-9-16)18(23)13-29-20(25)15-10-14(19(24)28-4-2)11-17(12-15)22(26)27/h5-12H,3-4,13H2,1-2H3. The molecule has 2 aromatic carbocycles. The van der Waals surface area contributed by atoms with Crippen LogP contribution in [-0.2, 0) is 14.3 Å². The van der Waals surface area contributed by atoms with Crippen molar-refractivity contribution in [1.82, 2.24) is 0 Å². The van der Waals surface area contributed by atoms with Crippen LogP contribution >= 0.6 is 0 Å². The maximum Gasteiger partial charge on any atom is 0.338 e. The Morgan fingerprint density at radius 1 is 0.966 bits per heavy atom. The van der Waals surface area contributed by atoms with Crippen LogP contribution in [0.1, 0.15) is 34.6 Å². The molecule has 0 aliphatic heterocycles. The van der Waals surface area contributed by atoms with Crippen molar-refractivity contribution in [2.45, 2.75) is 13.8 Å². The number of likely N-dealkylation sites (N-methyl/N-ethyl adjacent to an activating group) is 1. The van der Waals surface area contributed by atoms with Crippen molar-refractivity contribution in [2.24, 2.45) is 0 Å². The van der Waals surface area contributed by atoms with E-state index in [-0.39, 0.29) is 17.7 Å². The van der Waals surface area contributed by atoms with Gasteiger partial charge in [0.25, 0.3) is 11.6 Å². The third-order valence-corrected chi connectivity index (χ3v) is 3.89. The van der Waals surface area contributed by atoms with Crippen LogP contribution in [0.15, 0.2) is 48.5 Å². The van der Waals surface area contributed by atoms with Gasteiger partial charge in [-0.2, -0.15) is 0 Å². The van der Waals surface area contributed by atoms with E-state index in [4.69, 9.17) is 9.47 Å². The molecule has 29 heavy (non-hydrogen) atoms. The monoisotopic (exact) mass is 400 g/mol. The molecular weight excluding hydrogens is 380 g/mol. The van der Waals surface area contributed by atoms with Crippen molar-refractivity contribution >= 4 is 29.2 Å². The summed E-state index contributed by atoms with van der Waals surface area (Å²) >= 11 is 0. The van der Waals surface area contributed by atoms with Gasteiger partial charge in [-0.3, -0.25) is 14.9 Å². The quantitative estimate of drug-likeness (QED) is 0.380. The molecule has 0 spiro atoms. The highest BCUT2D eigenvalue weighted by Crippen LogP contribution is 2.19. The first-order chi connectivity index (χ1) is 13.9. The molecule has 0 aliphatic carbocycles. The Morgan fingerprint density at radius 3 is 2.07 bits per heavy atom. The smallest absolute Gasteiger partial charge is 0.338 e. The molecule has 2 rings (SSSR count). The van der Waals surface area contributed by atoms with E-state index < -0.39 is 35.1 Å². The topological polar surface area (TPSA) is 116 Å².